The first kappa shape index (κ1) is 12.9. The van der Waals surface area contributed by atoms with Crippen molar-refractivity contribution in [3.8, 4) is 0 Å². The van der Waals surface area contributed by atoms with Gasteiger partial charge in [-0.05, 0) is 24.9 Å². The van der Waals surface area contributed by atoms with Gasteiger partial charge in [0.15, 0.2) is 11.9 Å². The van der Waals surface area contributed by atoms with Gasteiger partial charge in [-0.2, -0.15) is 0 Å². The van der Waals surface area contributed by atoms with Gasteiger partial charge in [0, 0.05) is 13.3 Å². The summed E-state index contributed by atoms with van der Waals surface area (Å²) in [5.74, 6) is 1.90. The SMILES string of the molecule is CC(=O)O[C@H](C)C(=O)CC1SCCCS1. The van der Waals surface area contributed by atoms with E-state index in [0.717, 1.165) is 11.5 Å². The quantitative estimate of drug-likeness (QED) is 0.713. The van der Waals surface area contributed by atoms with E-state index in [4.69, 9.17) is 4.74 Å². The molecule has 1 atom stereocenters. The van der Waals surface area contributed by atoms with Crippen LogP contribution in [0.5, 0.6) is 0 Å². The topological polar surface area (TPSA) is 43.4 Å². The van der Waals surface area contributed by atoms with E-state index in [1.54, 1.807) is 6.92 Å². The van der Waals surface area contributed by atoms with Gasteiger partial charge in [-0.1, -0.05) is 0 Å². The second-order valence-corrected chi connectivity index (χ2v) is 6.37. The number of hydrogen-bond donors (Lipinski definition) is 0. The molecule has 0 unspecified atom stereocenters. The van der Waals surface area contributed by atoms with Gasteiger partial charge >= 0.3 is 5.97 Å². The monoisotopic (exact) mass is 248 g/mol. The molecule has 0 saturated carbocycles. The minimum atomic E-state index is -0.592. The summed E-state index contributed by atoms with van der Waals surface area (Å²) in [4.78, 5) is 22.3. The highest BCUT2D eigenvalue weighted by Gasteiger charge is 2.22. The highest BCUT2D eigenvalue weighted by molar-refractivity contribution is 8.17. The number of rotatable bonds is 4. The summed E-state index contributed by atoms with van der Waals surface area (Å²) in [6.07, 6.45) is 1.13. The number of Topliss-reactive ketones (excluding diaryl/α,β-unsaturated/α-hetero) is 1. The highest BCUT2D eigenvalue weighted by Crippen LogP contribution is 2.33. The smallest absolute Gasteiger partial charge is 0.303 e. The zero-order valence-electron chi connectivity index (χ0n) is 9.02. The van der Waals surface area contributed by atoms with Crippen molar-refractivity contribution in [1.29, 1.82) is 0 Å². The van der Waals surface area contributed by atoms with Gasteiger partial charge in [-0.15, -0.1) is 23.5 Å². The van der Waals surface area contributed by atoms with Crippen molar-refractivity contribution in [3.05, 3.63) is 0 Å². The third-order valence-corrected chi connectivity index (χ3v) is 5.00. The molecule has 1 fully saturated rings. The molecule has 1 saturated heterocycles. The lowest BCUT2D eigenvalue weighted by Crippen LogP contribution is -2.26. The molecule has 0 aromatic rings. The van der Waals surface area contributed by atoms with Crippen LogP contribution in [0.2, 0.25) is 0 Å². The molecule has 0 aliphatic carbocycles. The molecule has 0 aromatic heterocycles. The maximum atomic E-state index is 11.6. The Kier molecular flexibility index (Phi) is 5.53. The summed E-state index contributed by atoms with van der Waals surface area (Å²) < 4.78 is 5.20. The molecule has 0 amide bonds. The van der Waals surface area contributed by atoms with Crippen LogP contribution in [0.4, 0.5) is 0 Å². The second-order valence-electron chi connectivity index (χ2n) is 3.45. The number of carbonyl (C=O) groups is 2. The fourth-order valence-electron chi connectivity index (χ4n) is 1.30. The molecule has 1 aliphatic rings. The van der Waals surface area contributed by atoms with Gasteiger partial charge in [-0.25, -0.2) is 0 Å². The Bertz CT molecular complexity index is 237. The zero-order chi connectivity index (χ0) is 11.3. The standard InChI is InChI=1S/C10H16O3S2/c1-7(13-8(2)11)9(12)6-10-14-4-3-5-15-10/h7,10H,3-6H2,1-2H3/t7-/m1/s1. The molecule has 1 rings (SSSR count). The first-order valence-electron chi connectivity index (χ1n) is 5.02. The average molecular weight is 248 g/mol. The Balaban J connectivity index is 2.30. The first-order valence-corrected chi connectivity index (χ1v) is 7.12. The minimum Gasteiger partial charge on any atom is -0.455 e. The average Bonchev–Trinajstić information content (AvgIpc) is 2.18. The lowest BCUT2D eigenvalue weighted by molar-refractivity contribution is -0.151. The molecule has 3 nitrogen and oxygen atoms in total. The predicted octanol–water partition coefficient (Wildman–Crippen LogP) is 2.09. The molecule has 0 spiro atoms. The van der Waals surface area contributed by atoms with Crippen molar-refractivity contribution >= 4 is 35.3 Å². The summed E-state index contributed by atoms with van der Waals surface area (Å²) in [5.41, 5.74) is 0. The van der Waals surface area contributed by atoms with E-state index in [1.165, 1.54) is 13.3 Å². The van der Waals surface area contributed by atoms with E-state index in [2.05, 4.69) is 0 Å². The van der Waals surface area contributed by atoms with E-state index < -0.39 is 6.10 Å². The Morgan fingerprint density at radius 2 is 2.00 bits per heavy atom. The molecule has 0 aromatic carbocycles. The molecule has 5 heteroatoms. The van der Waals surface area contributed by atoms with E-state index in [0.29, 0.717) is 11.0 Å². The Morgan fingerprint density at radius 1 is 1.40 bits per heavy atom. The van der Waals surface area contributed by atoms with Crippen molar-refractivity contribution in [2.45, 2.75) is 37.4 Å². The molecule has 1 aliphatic heterocycles. The van der Waals surface area contributed by atoms with Crippen LogP contribution in [-0.4, -0.2) is 33.9 Å². The van der Waals surface area contributed by atoms with Gasteiger partial charge in [0.25, 0.3) is 0 Å². The summed E-state index contributed by atoms with van der Waals surface area (Å²) in [6.45, 7) is 2.97. The minimum absolute atomic E-state index is 0.0251. The van der Waals surface area contributed by atoms with Crippen LogP contribution in [0.1, 0.15) is 26.7 Å². The summed E-state index contributed by atoms with van der Waals surface area (Å²) >= 11 is 3.66. The molecule has 15 heavy (non-hydrogen) atoms. The predicted molar refractivity (Wildman–Crippen MR) is 64.2 cm³/mol. The number of ether oxygens (including phenoxy) is 1. The lowest BCUT2D eigenvalue weighted by atomic mass is 10.2. The van der Waals surface area contributed by atoms with Crippen molar-refractivity contribution in [2.75, 3.05) is 11.5 Å². The maximum Gasteiger partial charge on any atom is 0.303 e. The zero-order valence-corrected chi connectivity index (χ0v) is 10.7. The van der Waals surface area contributed by atoms with Gasteiger partial charge in [0.1, 0.15) is 0 Å². The van der Waals surface area contributed by atoms with Crippen LogP contribution in [0.15, 0.2) is 0 Å². The molecule has 1 heterocycles. The summed E-state index contributed by atoms with van der Waals surface area (Å²) in [5, 5.41) is 0. The number of esters is 1. The van der Waals surface area contributed by atoms with Gasteiger partial charge in [0.05, 0.1) is 4.58 Å². The van der Waals surface area contributed by atoms with E-state index in [-0.39, 0.29) is 11.8 Å². The lowest BCUT2D eigenvalue weighted by Gasteiger charge is -2.21. The number of hydrogen-bond acceptors (Lipinski definition) is 5. The molecular formula is C10H16O3S2. The first-order chi connectivity index (χ1) is 7.09. The second kappa shape index (κ2) is 6.43. The number of thioether (sulfide) groups is 2. The highest BCUT2D eigenvalue weighted by atomic mass is 32.2. The summed E-state index contributed by atoms with van der Waals surface area (Å²) in [6, 6.07) is 0. The Morgan fingerprint density at radius 3 is 2.53 bits per heavy atom. The third-order valence-electron chi connectivity index (χ3n) is 2.06. The summed E-state index contributed by atoms with van der Waals surface area (Å²) in [7, 11) is 0. The Hall–Kier alpha value is -0.160. The number of ketones is 1. The van der Waals surface area contributed by atoms with Crippen LogP contribution in [0, 0.1) is 0 Å². The van der Waals surface area contributed by atoms with Crippen LogP contribution >= 0.6 is 23.5 Å². The van der Waals surface area contributed by atoms with E-state index in [1.807, 2.05) is 23.5 Å². The fraction of sp³-hybridized carbons (Fsp3) is 0.800. The van der Waals surface area contributed by atoms with Gasteiger partial charge in [-0.3, -0.25) is 9.59 Å². The van der Waals surface area contributed by atoms with Crippen molar-refractivity contribution in [1.82, 2.24) is 0 Å². The van der Waals surface area contributed by atoms with Crippen LogP contribution < -0.4 is 0 Å². The molecular weight excluding hydrogens is 232 g/mol. The van der Waals surface area contributed by atoms with Crippen molar-refractivity contribution in [2.24, 2.45) is 0 Å². The van der Waals surface area contributed by atoms with Gasteiger partial charge in [0.2, 0.25) is 0 Å². The van der Waals surface area contributed by atoms with E-state index >= 15 is 0 Å². The number of carbonyl (C=O) groups excluding carboxylic acids is 2. The van der Waals surface area contributed by atoms with Crippen LogP contribution in [-0.2, 0) is 14.3 Å². The van der Waals surface area contributed by atoms with Crippen LogP contribution in [0.25, 0.3) is 0 Å². The van der Waals surface area contributed by atoms with Gasteiger partial charge < -0.3 is 4.74 Å². The van der Waals surface area contributed by atoms with Crippen molar-refractivity contribution in [3.63, 3.8) is 0 Å². The molecule has 0 radical (unpaired) electrons. The normalized spacial score (nSPS) is 19.6. The van der Waals surface area contributed by atoms with Crippen LogP contribution in [0.3, 0.4) is 0 Å². The molecule has 0 N–H and O–H groups in total. The molecule has 0 bridgehead atoms. The van der Waals surface area contributed by atoms with Crippen molar-refractivity contribution < 1.29 is 14.3 Å². The largest absolute Gasteiger partial charge is 0.455 e. The molecule has 86 valence electrons. The Labute approximate surface area is 98.7 Å². The third kappa shape index (κ3) is 4.93. The maximum absolute atomic E-state index is 11.6. The fourth-order valence-corrected chi connectivity index (χ4v) is 4.16. The van der Waals surface area contributed by atoms with E-state index in [9.17, 15) is 9.59 Å².